The summed E-state index contributed by atoms with van der Waals surface area (Å²) in [5, 5.41) is 14.8. The van der Waals surface area contributed by atoms with Crippen LogP contribution in [0.25, 0.3) is 0 Å². The molecule has 0 radical (unpaired) electrons. The third kappa shape index (κ3) is 4.85. The van der Waals surface area contributed by atoms with Gasteiger partial charge >= 0.3 is 6.03 Å². The number of benzene rings is 1. The van der Waals surface area contributed by atoms with Crippen molar-refractivity contribution in [2.75, 3.05) is 55.1 Å². The lowest BCUT2D eigenvalue weighted by atomic mass is 10.1. The number of amides is 1. The Kier molecular flexibility index (Phi) is 6.72. The molecule has 2 aliphatic rings. The lowest BCUT2D eigenvalue weighted by Crippen LogP contribution is -2.49. The Morgan fingerprint density at radius 2 is 2.07 bits per heavy atom. The van der Waals surface area contributed by atoms with E-state index in [1.54, 1.807) is 12.3 Å². The van der Waals surface area contributed by atoms with E-state index in [-0.39, 0.29) is 12.1 Å². The van der Waals surface area contributed by atoms with Gasteiger partial charge in [-0.1, -0.05) is 29.6 Å². The van der Waals surface area contributed by atoms with E-state index < -0.39 is 0 Å². The van der Waals surface area contributed by atoms with E-state index in [2.05, 4.69) is 31.8 Å². The summed E-state index contributed by atoms with van der Waals surface area (Å²) in [4.78, 5) is 19.0. The molecule has 30 heavy (non-hydrogen) atoms. The van der Waals surface area contributed by atoms with Crippen molar-refractivity contribution in [3.05, 3.63) is 41.0 Å². The molecule has 1 aromatic carbocycles. The van der Waals surface area contributed by atoms with Gasteiger partial charge in [0.2, 0.25) is 0 Å². The summed E-state index contributed by atoms with van der Waals surface area (Å²) >= 11 is 7.85. The van der Waals surface area contributed by atoms with Crippen LogP contribution in [-0.2, 0) is 6.54 Å². The summed E-state index contributed by atoms with van der Waals surface area (Å²) in [7, 11) is 0. The van der Waals surface area contributed by atoms with Gasteiger partial charge in [0.05, 0.1) is 16.8 Å². The van der Waals surface area contributed by atoms with Crippen LogP contribution in [0, 0.1) is 0 Å². The molecule has 1 unspecified atom stereocenters. The van der Waals surface area contributed by atoms with Crippen molar-refractivity contribution < 1.29 is 9.90 Å². The van der Waals surface area contributed by atoms with E-state index in [0.29, 0.717) is 25.5 Å². The molecule has 1 aromatic heterocycles. The highest BCUT2D eigenvalue weighted by Crippen LogP contribution is 2.30. The summed E-state index contributed by atoms with van der Waals surface area (Å²) in [6, 6.07) is 7.82. The number of anilines is 2. The zero-order chi connectivity index (χ0) is 21.1. The molecular weight excluding hydrogens is 424 g/mol. The molecule has 2 aliphatic heterocycles. The van der Waals surface area contributed by atoms with Crippen molar-refractivity contribution in [2.45, 2.75) is 19.1 Å². The maximum Gasteiger partial charge on any atom is 0.344 e. The number of nitrogens with one attached hydrogen (secondary N) is 1. The normalized spacial score (nSPS) is 20.0. The monoisotopic (exact) mass is 450 g/mol. The second-order valence-electron chi connectivity index (χ2n) is 7.67. The number of piperazine rings is 1. The predicted octanol–water partition coefficient (Wildman–Crippen LogP) is 2.58. The zero-order valence-corrected chi connectivity index (χ0v) is 18.6. The number of aliphatic hydroxyl groups is 1. The molecule has 8 nitrogen and oxygen atoms in total. The Hall–Kier alpha value is -1.94. The maximum absolute atomic E-state index is 12.7. The molecule has 0 bridgehead atoms. The van der Waals surface area contributed by atoms with Gasteiger partial charge in [0, 0.05) is 64.3 Å². The van der Waals surface area contributed by atoms with E-state index in [4.69, 9.17) is 11.6 Å². The van der Waals surface area contributed by atoms with Gasteiger partial charge in [-0.3, -0.25) is 4.90 Å². The molecule has 162 valence electrons. The number of nitrogens with zero attached hydrogens (tertiary/aromatic N) is 5. The minimum absolute atomic E-state index is 0.0924. The molecule has 3 heterocycles. The fraction of sp³-hybridized carbons (Fsp3) is 0.500. The van der Waals surface area contributed by atoms with Crippen molar-refractivity contribution in [2.24, 2.45) is 0 Å². The van der Waals surface area contributed by atoms with E-state index in [9.17, 15) is 9.90 Å². The number of hydrogen-bond acceptors (Lipinski definition) is 7. The van der Waals surface area contributed by atoms with Crippen LogP contribution in [0.2, 0.25) is 5.02 Å². The lowest BCUT2D eigenvalue weighted by Gasteiger charge is -2.34. The van der Waals surface area contributed by atoms with Crippen molar-refractivity contribution >= 4 is 41.1 Å². The fourth-order valence-corrected chi connectivity index (χ4v) is 4.50. The van der Waals surface area contributed by atoms with Gasteiger partial charge in [-0.15, -0.1) is 5.10 Å². The van der Waals surface area contributed by atoms with Crippen molar-refractivity contribution in [3.8, 4) is 0 Å². The zero-order valence-electron chi connectivity index (χ0n) is 17.0. The molecule has 0 aliphatic carbocycles. The first-order valence-corrected chi connectivity index (χ1v) is 11.7. The van der Waals surface area contributed by atoms with E-state index in [1.807, 2.05) is 17.2 Å². The van der Waals surface area contributed by atoms with Gasteiger partial charge in [0.25, 0.3) is 0 Å². The second-order valence-corrected chi connectivity index (χ2v) is 8.69. The smallest absolute Gasteiger partial charge is 0.344 e. The number of hydrogen-bond donors (Lipinski definition) is 2. The minimum Gasteiger partial charge on any atom is -0.391 e. The first-order valence-electron chi connectivity index (χ1n) is 10.1. The average Bonchev–Trinajstić information content (AvgIpc) is 3.39. The van der Waals surface area contributed by atoms with E-state index in [1.165, 1.54) is 22.2 Å². The summed E-state index contributed by atoms with van der Waals surface area (Å²) < 4.78 is 4.42. The number of carbonyl (C=O) groups is 1. The Morgan fingerprint density at radius 3 is 2.77 bits per heavy atom. The van der Waals surface area contributed by atoms with E-state index >= 15 is 0 Å². The number of β-amino-alcohol motifs (C(OH)–C–C–N with tert-alkyl or cyclic N) is 1. The van der Waals surface area contributed by atoms with Gasteiger partial charge in [0.15, 0.2) is 5.82 Å². The van der Waals surface area contributed by atoms with Gasteiger partial charge in [0.1, 0.15) is 0 Å². The van der Waals surface area contributed by atoms with Crippen LogP contribution >= 0.6 is 23.5 Å². The van der Waals surface area contributed by atoms with Crippen LogP contribution < -0.4 is 9.62 Å². The Bertz CT molecular complexity index is 886. The molecule has 1 atom stereocenters. The Labute approximate surface area is 185 Å². The minimum atomic E-state index is -0.280. The topological polar surface area (TPSA) is 76.9 Å². The molecule has 2 N–H and O–H groups in total. The average molecular weight is 451 g/mol. The molecule has 4 rings (SSSR count). The van der Waals surface area contributed by atoms with Crippen LogP contribution in [0.3, 0.4) is 0 Å². The number of rotatable bonds is 5. The Balaban J connectivity index is 1.33. The molecule has 2 aromatic rings. The van der Waals surface area contributed by atoms with Gasteiger partial charge in [-0.05, 0) is 24.1 Å². The standard InChI is InChI=1S/C20H27ClN6O2S/c1-30-23-19-5-7-27(22-19)20(29)25-10-8-24(9-11-25)13-15-2-3-17(21)18(12-15)26-6-4-16(28)14-26/h2-3,5,7,12,16,28H,4,6,8-11,13-14H2,1H3,(H,22,23). The summed E-state index contributed by atoms with van der Waals surface area (Å²) in [6.07, 6.45) is 4.11. The van der Waals surface area contributed by atoms with Gasteiger partial charge in [-0.25, -0.2) is 4.79 Å². The third-order valence-electron chi connectivity index (χ3n) is 5.56. The number of aromatic nitrogens is 2. The van der Waals surface area contributed by atoms with Gasteiger partial charge < -0.3 is 19.6 Å². The number of aliphatic hydroxyl groups excluding tert-OH is 1. The van der Waals surface area contributed by atoms with Gasteiger partial charge in [-0.2, -0.15) is 4.68 Å². The second kappa shape index (κ2) is 9.47. The quantitative estimate of drug-likeness (QED) is 0.678. The highest BCUT2D eigenvalue weighted by atomic mass is 35.5. The first-order chi connectivity index (χ1) is 14.5. The largest absolute Gasteiger partial charge is 0.391 e. The highest BCUT2D eigenvalue weighted by molar-refractivity contribution is 7.99. The molecular formula is C20H27ClN6O2S. The number of halogens is 1. The van der Waals surface area contributed by atoms with Crippen molar-refractivity contribution in [1.82, 2.24) is 19.6 Å². The molecule has 10 heteroatoms. The maximum atomic E-state index is 12.7. The third-order valence-corrected chi connectivity index (χ3v) is 6.29. The van der Waals surface area contributed by atoms with Crippen molar-refractivity contribution in [3.63, 3.8) is 0 Å². The highest BCUT2D eigenvalue weighted by Gasteiger charge is 2.25. The van der Waals surface area contributed by atoms with Crippen LogP contribution in [0.15, 0.2) is 30.5 Å². The summed E-state index contributed by atoms with van der Waals surface area (Å²) in [5.74, 6) is 0.679. The molecule has 0 saturated carbocycles. The molecule has 1 amide bonds. The van der Waals surface area contributed by atoms with Crippen LogP contribution in [-0.4, -0.2) is 82.3 Å². The van der Waals surface area contributed by atoms with Crippen LogP contribution in [0.1, 0.15) is 12.0 Å². The predicted molar refractivity (Wildman–Crippen MR) is 121 cm³/mol. The summed E-state index contributed by atoms with van der Waals surface area (Å²) in [5.41, 5.74) is 2.18. The summed E-state index contributed by atoms with van der Waals surface area (Å²) in [6.45, 7) is 5.22. The van der Waals surface area contributed by atoms with Crippen LogP contribution in [0.4, 0.5) is 16.3 Å². The molecule has 2 saturated heterocycles. The fourth-order valence-electron chi connectivity index (χ4n) is 3.95. The van der Waals surface area contributed by atoms with Crippen LogP contribution in [0.5, 0.6) is 0 Å². The Morgan fingerprint density at radius 1 is 1.27 bits per heavy atom. The molecule has 0 spiro atoms. The SMILES string of the molecule is CSNc1ccn(C(=O)N2CCN(Cc3ccc(Cl)c(N4CCC(O)C4)c3)CC2)n1. The van der Waals surface area contributed by atoms with Crippen molar-refractivity contribution in [1.29, 1.82) is 0 Å². The lowest BCUT2D eigenvalue weighted by molar-refractivity contribution is 0.134. The number of carbonyl (C=O) groups excluding carboxylic acids is 1. The molecule has 2 fully saturated rings. The van der Waals surface area contributed by atoms with E-state index in [0.717, 1.165) is 43.3 Å². The first kappa shape index (κ1) is 21.3.